The first-order valence-corrected chi connectivity index (χ1v) is 7.44. The van der Waals surface area contributed by atoms with Gasteiger partial charge in [0.2, 0.25) is 0 Å². The third kappa shape index (κ3) is 3.89. The fourth-order valence-corrected chi connectivity index (χ4v) is 2.78. The summed E-state index contributed by atoms with van der Waals surface area (Å²) in [6, 6.07) is 14.2. The molecule has 2 rings (SSSR count). The molecule has 2 unspecified atom stereocenters. The van der Waals surface area contributed by atoms with E-state index in [1.165, 1.54) is 12.1 Å². The lowest BCUT2D eigenvalue weighted by Gasteiger charge is -2.19. The Morgan fingerprint density at radius 1 is 1.24 bits per heavy atom. The number of rotatable bonds is 5. The normalized spacial score (nSPS) is 13.7. The molecule has 0 aliphatic carbocycles. The van der Waals surface area contributed by atoms with Crippen molar-refractivity contribution in [3.63, 3.8) is 0 Å². The fourth-order valence-electron chi connectivity index (χ4n) is 2.25. The predicted molar refractivity (Wildman–Crippen MR) is 85.1 cm³/mol. The summed E-state index contributed by atoms with van der Waals surface area (Å²) >= 11 is 3.36. The number of aliphatic hydroxyl groups is 1. The summed E-state index contributed by atoms with van der Waals surface area (Å²) in [6.07, 6.45) is 0.0718. The van der Waals surface area contributed by atoms with Crippen LogP contribution in [0.3, 0.4) is 0 Å². The average molecular weight is 350 g/mol. The molecule has 21 heavy (non-hydrogen) atoms. The van der Waals surface area contributed by atoms with E-state index in [-0.39, 0.29) is 11.6 Å². The molecule has 0 fully saturated rings. The molecule has 2 aromatic carbocycles. The maximum absolute atomic E-state index is 10.7. The number of nitro groups is 1. The van der Waals surface area contributed by atoms with E-state index in [0.717, 1.165) is 11.1 Å². The molecule has 0 aliphatic rings. The molecular weight excluding hydrogens is 334 g/mol. The van der Waals surface area contributed by atoms with Gasteiger partial charge in [-0.05, 0) is 23.5 Å². The molecule has 0 heterocycles. The largest absolute Gasteiger partial charge is 0.388 e. The molecule has 0 saturated carbocycles. The van der Waals surface area contributed by atoms with Crippen molar-refractivity contribution in [2.24, 2.45) is 5.92 Å². The first-order valence-electron chi connectivity index (χ1n) is 6.65. The molecular formula is C16H16BrNO3. The summed E-state index contributed by atoms with van der Waals surface area (Å²) in [5, 5.41) is 21.1. The van der Waals surface area contributed by atoms with Crippen LogP contribution in [0.1, 0.15) is 24.2 Å². The molecule has 0 aromatic heterocycles. The highest BCUT2D eigenvalue weighted by atomic mass is 79.9. The van der Waals surface area contributed by atoms with Gasteiger partial charge < -0.3 is 5.11 Å². The Labute approximate surface area is 131 Å². The maximum Gasteiger partial charge on any atom is 0.270 e. The highest BCUT2D eigenvalue weighted by molar-refractivity contribution is 9.10. The van der Waals surface area contributed by atoms with Crippen molar-refractivity contribution in [2.45, 2.75) is 19.4 Å². The molecule has 0 radical (unpaired) electrons. The van der Waals surface area contributed by atoms with Crippen LogP contribution in [0.15, 0.2) is 53.0 Å². The number of non-ortho nitro benzene ring substituents is 1. The zero-order chi connectivity index (χ0) is 15.4. The summed E-state index contributed by atoms with van der Waals surface area (Å²) in [5.74, 6) is 0.00477. The maximum atomic E-state index is 10.7. The second-order valence-corrected chi connectivity index (χ2v) is 5.92. The lowest BCUT2D eigenvalue weighted by molar-refractivity contribution is -0.384. The number of benzene rings is 2. The van der Waals surface area contributed by atoms with E-state index >= 15 is 0 Å². The van der Waals surface area contributed by atoms with Crippen molar-refractivity contribution in [1.29, 1.82) is 0 Å². The standard InChI is InChI=1S/C16H16BrNO3/c1-11(16(19)12-5-3-2-4-6-12)9-13-7-8-14(18(20)21)10-15(13)17/h2-8,10-11,16,19H,9H2,1H3. The van der Waals surface area contributed by atoms with Crippen molar-refractivity contribution in [1.82, 2.24) is 0 Å². The van der Waals surface area contributed by atoms with Gasteiger partial charge in [-0.2, -0.15) is 0 Å². The predicted octanol–water partition coefficient (Wildman–Crippen LogP) is 4.27. The van der Waals surface area contributed by atoms with Gasteiger partial charge in [0.25, 0.3) is 5.69 Å². The van der Waals surface area contributed by atoms with Crippen LogP contribution in [0.25, 0.3) is 0 Å². The van der Waals surface area contributed by atoms with Crippen molar-refractivity contribution in [3.8, 4) is 0 Å². The number of halogens is 1. The number of hydrogen-bond acceptors (Lipinski definition) is 3. The highest BCUT2D eigenvalue weighted by Crippen LogP contribution is 2.29. The van der Waals surface area contributed by atoms with Crippen LogP contribution in [-0.4, -0.2) is 10.0 Å². The average Bonchev–Trinajstić information content (AvgIpc) is 2.49. The molecule has 1 N–H and O–H groups in total. The zero-order valence-electron chi connectivity index (χ0n) is 11.6. The van der Waals surface area contributed by atoms with E-state index in [2.05, 4.69) is 15.9 Å². The Balaban J connectivity index is 2.12. The van der Waals surface area contributed by atoms with Gasteiger partial charge in [-0.3, -0.25) is 10.1 Å². The SMILES string of the molecule is CC(Cc1ccc([N+](=O)[O-])cc1Br)C(O)c1ccccc1. The number of nitrogens with zero attached hydrogens (tertiary/aromatic N) is 1. The fraction of sp³-hybridized carbons (Fsp3) is 0.250. The molecule has 2 aromatic rings. The summed E-state index contributed by atoms with van der Waals surface area (Å²) in [7, 11) is 0. The molecule has 0 aliphatic heterocycles. The monoisotopic (exact) mass is 349 g/mol. The van der Waals surface area contributed by atoms with Gasteiger partial charge >= 0.3 is 0 Å². The smallest absolute Gasteiger partial charge is 0.270 e. The third-order valence-corrected chi connectivity index (χ3v) is 4.21. The van der Waals surface area contributed by atoms with Crippen molar-refractivity contribution in [2.75, 3.05) is 0 Å². The molecule has 0 amide bonds. The van der Waals surface area contributed by atoms with Crippen LogP contribution in [0.5, 0.6) is 0 Å². The zero-order valence-corrected chi connectivity index (χ0v) is 13.2. The molecule has 0 saturated heterocycles. The third-order valence-electron chi connectivity index (χ3n) is 3.47. The molecule has 110 valence electrons. The van der Waals surface area contributed by atoms with E-state index in [4.69, 9.17) is 0 Å². The Bertz CT molecular complexity index is 631. The molecule has 5 heteroatoms. The highest BCUT2D eigenvalue weighted by Gasteiger charge is 2.18. The van der Waals surface area contributed by atoms with Crippen LogP contribution in [0, 0.1) is 16.0 Å². The summed E-state index contributed by atoms with van der Waals surface area (Å²) in [4.78, 5) is 10.3. The minimum Gasteiger partial charge on any atom is -0.388 e. The quantitative estimate of drug-likeness (QED) is 0.647. The van der Waals surface area contributed by atoms with Crippen molar-refractivity contribution < 1.29 is 10.0 Å². The minimum atomic E-state index is -0.562. The van der Waals surface area contributed by atoms with Crippen LogP contribution in [-0.2, 0) is 6.42 Å². The summed E-state index contributed by atoms with van der Waals surface area (Å²) < 4.78 is 0.698. The second kappa shape index (κ2) is 6.83. The van der Waals surface area contributed by atoms with Crippen molar-refractivity contribution >= 4 is 21.6 Å². The molecule has 0 spiro atoms. The molecule has 0 bridgehead atoms. The van der Waals surface area contributed by atoms with Gasteiger partial charge in [0.1, 0.15) is 0 Å². The van der Waals surface area contributed by atoms with E-state index in [1.807, 2.05) is 37.3 Å². The Morgan fingerprint density at radius 3 is 2.48 bits per heavy atom. The van der Waals surface area contributed by atoms with E-state index in [1.54, 1.807) is 6.07 Å². The van der Waals surface area contributed by atoms with Crippen LogP contribution in [0.2, 0.25) is 0 Å². The van der Waals surface area contributed by atoms with Gasteiger partial charge in [0, 0.05) is 16.6 Å². The summed E-state index contributed by atoms with van der Waals surface area (Å²) in [6.45, 7) is 1.96. The molecule has 4 nitrogen and oxygen atoms in total. The van der Waals surface area contributed by atoms with Gasteiger partial charge in [-0.25, -0.2) is 0 Å². The molecule has 2 atom stereocenters. The van der Waals surface area contributed by atoms with Gasteiger partial charge in [-0.15, -0.1) is 0 Å². The summed E-state index contributed by atoms with van der Waals surface area (Å²) in [5.41, 5.74) is 1.88. The number of hydrogen-bond donors (Lipinski definition) is 1. The number of aliphatic hydroxyl groups excluding tert-OH is 1. The van der Waals surface area contributed by atoms with Gasteiger partial charge in [0.05, 0.1) is 11.0 Å². The Kier molecular flexibility index (Phi) is 5.09. The Morgan fingerprint density at radius 2 is 1.90 bits per heavy atom. The lowest BCUT2D eigenvalue weighted by Crippen LogP contribution is -2.12. The van der Waals surface area contributed by atoms with Crippen LogP contribution >= 0.6 is 15.9 Å². The van der Waals surface area contributed by atoms with Crippen LogP contribution < -0.4 is 0 Å². The number of nitro benzene ring substituents is 1. The van der Waals surface area contributed by atoms with E-state index < -0.39 is 11.0 Å². The van der Waals surface area contributed by atoms with Gasteiger partial charge in [0.15, 0.2) is 0 Å². The first kappa shape index (κ1) is 15.7. The van der Waals surface area contributed by atoms with Gasteiger partial charge in [-0.1, -0.05) is 59.3 Å². The second-order valence-electron chi connectivity index (χ2n) is 5.07. The van der Waals surface area contributed by atoms with Crippen LogP contribution in [0.4, 0.5) is 5.69 Å². The lowest BCUT2D eigenvalue weighted by atomic mass is 9.91. The van der Waals surface area contributed by atoms with E-state index in [9.17, 15) is 15.2 Å². The van der Waals surface area contributed by atoms with E-state index in [0.29, 0.717) is 10.9 Å². The first-order chi connectivity index (χ1) is 9.99. The Hall–Kier alpha value is -1.72. The minimum absolute atomic E-state index is 0.00477. The topological polar surface area (TPSA) is 63.4 Å². The van der Waals surface area contributed by atoms with Crippen molar-refractivity contribution in [3.05, 3.63) is 74.2 Å².